The predicted octanol–water partition coefficient (Wildman–Crippen LogP) is 1.39. The fraction of sp³-hybridized carbons (Fsp3) is 0.484. The van der Waals surface area contributed by atoms with E-state index in [2.05, 4.69) is 31.9 Å². The summed E-state index contributed by atoms with van der Waals surface area (Å²) in [5.74, 6) is -9.04. The van der Waals surface area contributed by atoms with E-state index in [-0.39, 0.29) is 47.7 Å². The van der Waals surface area contributed by atoms with Gasteiger partial charge in [-0.2, -0.15) is 23.5 Å². The molecule has 6 rings (SSSR count). The van der Waals surface area contributed by atoms with E-state index < -0.39 is 134 Å². The Hall–Kier alpha value is -6.36. The van der Waals surface area contributed by atoms with E-state index >= 15 is 0 Å². The largest absolute Gasteiger partial charge is 0.477 e. The Morgan fingerprint density at radius 3 is 1.20 bits per heavy atom. The Morgan fingerprint density at radius 1 is 0.511 bits per heavy atom. The normalized spacial score (nSPS) is 22.5. The van der Waals surface area contributed by atoms with E-state index in [1.165, 1.54) is 45.1 Å². The number of aliphatic hydroxyl groups excluding tert-OH is 6. The summed E-state index contributed by atoms with van der Waals surface area (Å²) in [6, 6.07) is 29.7. The first-order valence-corrected chi connectivity index (χ1v) is 34.4. The zero-order valence-corrected chi connectivity index (χ0v) is 53.9. The Bertz CT molecular complexity index is 2840. The number of carbonyl (C=O) groups is 8. The monoisotopic (exact) mass is 1360 g/mol. The Balaban J connectivity index is 0.813. The van der Waals surface area contributed by atoms with E-state index in [0.29, 0.717) is 48.9 Å². The number of aliphatic hydroxyl groups is 6. The number of amides is 6. The van der Waals surface area contributed by atoms with Crippen molar-refractivity contribution in [1.29, 1.82) is 0 Å². The fourth-order valence-corrected chi connectivity index (χ4v) is 13.2. The van der Waals surface area contributed by atoms with Crippen LogP contribution < -0.4 is 31.9 Å². The summed E-state index contributed by atoms with van der Waals surface area (Å²) in [6.45, 7) is 1.58. The van der Waals surface area contributed by atoms with E-state index in [4.69, 9.17) is 18.9 Å². The second-order valence-corrected chi connectivity index (χ2v) is 26.5. The van der Waals surface area contributed by atoms with Crippen LogP contribution in [0.3, 0.4) is 0 Å². The quantitative estimate of drug-likeness (QED) is 0.0224. The number of rotatable bonds is 37. The van der Waals surface area contributed by atoms with Crippen LogP contribution in [0.2, 0.25) is 0 Å². The van der Waals surface area contributed by atoms with Crippen LogP contribution >= 0.6 is 45.1 Å². The second kappa shape index (κ2) is 37.5. The number of aliphatic carboxylic acids is 2. The molecule has 30 heteroatoms. The molecule has 0 aliphatic carbocycles. The number of thioether (sulfide) groups is 2. The number of ether oxygens (including phenoxy) is 4. The molecule has 6 amide bonds. The lowest BCUT2D eigenvalue weighted by Crippen LogP contribution is -2.68. The molecule has 4 aromatic carbocycles. The maximum Gasteiger partial charge on any atom is 0.364 e. The SMILES string of the molecule is CC(=O)N[C@@H]1[C@@H](O)C[C@](OCCCSCCNC(=O)CSSCC(=O)NCCSCCCO[C@]2(C(=O)O)C[C@H](O)[C@@H](NC(C)=O)[C@H](C(O)[C@H](O)CNC(=O)c3ccc(-c4ccccc4)cc3)O2)(C(=O)O)O[C@H]1C(O)[C@H](O)CNC(=O)c1ccc(-c2ccccc2)cc1. The van der Waals surface area contributed by atoms with Gasteiger partial charge in [-0.1, -0.05) is 107 Å². The van der Waals surface area contributed by atoms with Crippen molar-refractivity contribution < 1.29 is 98.2 Å². The van der Waals surface area contributed by atoms with Gasteiger partial charge < -0.3 is 91.7 Å². The highest BCUT2D eigenvalue weighted by molar-refractivity contribution is 8.77. The summed E-state index contributed by atoms with van der Waals surface area (Å²) in [6.07, 6.45) is -14.6. The maximum atomic E-state index is 13.0. The van der Waals surface area contributed by atoms with Gasteiger partial charge in [-0.15, -0.1) is 0 Å². The minimum atomic E-state index is -2.48. The summed E-state index contributed by atoms with van der Waals surface area (Å²) in [5, 5.41) is 103. The van der Waals surface area contributed by atoms with Gasteiger partial charge in [0, 0.05) is 75.5 Å². The molecule has 12 atom stereocenters. The molecule has 0 aromatic heterocycles. The first-order valence-electron chi connectivity index (χ1n) is 29.6. The van der Waals surface area contributed by atoms with Gasteiger partial charge >= 0.3 is 11.9 Å². The highest BCUT2D eigenvalue weighted by Gasteiger charge is 2.57. The van der Waals surface area contributed by atoms with Gasteiger partial charge in [0.1, 0.15) is 24.4 Å². The van der Waals surface area contributed by atoms with Crippen molar-refractivity contribution in [3.8, 4) is 22.3 Å². The van der Waals surface area contributed by atoms with Crippen molar-refractivity contribution in [2.75, 3.05) is 73.9 Å². The lowest BCUT2D eigenvalue weighted by atomic mass is 9.88. The molecule has 2 heterocycles. The van der Waals surface area contributed by atoms with Gasteiger partial charge in [-0.25, -0.2) is 9.59 Å². The molecule has 26 nitrogen and oxygen atoms in total. The van der Waals surface area contributed by atoms with Crippen molar-refractivity contribution in [3.63, 3.8) is 0 Å². The molecule has 4 aromatic rings. The van der Waals surface area contributed by atoms with E-state index in [1.807, 2.05) is 60.7 Å². The van der Waals surface area contributed by atoms with Gasteiger partial charge in [-0.3, -0.25) is 28.8 Å². The number of carboxylic acids is 2. The van der Waals surface area contributed by atoms with E-state index in [9.17, 15) is 79.2 Å². The van der Waals surface area contributed by atoms with Crippen LogP contribution in [0, 0.1) is 0 Å². The smallest absolute Gasteiger partial charge is 0.364 e. The van der Waals surface area contributed by atoms with Crippen LogP contribution in [-0.2, 0) is 47.7 Å². The Labute approximate surface area is 548 Å². The third kappa shape index (κ3) is 22.7. The second-order valence-electron chi connectivity index (χ2n) is 21.6. The number of nitrogens with one attached hydrogen (secondary N) is 6. The summed E-state index contributed by atoms with van der Waals surface area (Å²) in [7, 11) is 2.38. The first-order chi connectivity index (χ1) is 44.0. The third-order valence-electron chi connectivity index (χ3n) is 14.6. The number of hydrogen-bond donors (Lipinski definition) is 14. The molecule has 2 aliphatic heterocycles. The molecule has 2 saturated heterocycles. The molecule has 2 fully saturated rings. The summed E-state index contributed by atoms with van der Waals surface area (Å²) >= 11 is 2.88. The van der Waals surface area contributed by atoms with Crippen LogP contribution in [0.4, 0.5) is 0 Å². The number of hydrogen-bond acceptors (Lipinski definition) is 22. The van der Waals surface area contributed by atoms with E-state index in [0.717, 1.165) is 36.1 Å². The molecular weight excluding hydrogens is 1280 g/mol. The average Bonchev–Trinajstić information content (AvgIpc) is 0.780. The van der Waals surface area contributed by atoms with Gasteiger partial charge in [0.15, 0.2) is 0 Å². The van der Waals surface area contributed by atoms with Crippen molar-refractivity contribution in [1.82, 2.24) is 31.9 Å². The summed E-state index contributed by atoms with van der Waals surface area (Å²) in [5.41, 5.74) is 4.18. The Kier molecular flexibility index (Phi) is 30.4. The fourth-order valence-electron chi connectivity index (χ4n) is 9.89. The van der Waals surface area contributed by atoms with Crippen LogP contribution in [-0.4, -0.2) is 235 Å². The molecule has 0 radical (unpaired) electrons. The maximum absolute atomic E-state index is 13.0. The van der Waals surface area contributed by atoms with Gasteiger partial charge in [0.05, 0.1) is 61.2 Å². The van der Waals surface area contributed by atoms with Gasteiger partial charge in [0.2, 0.25) is 23.6 Å². The van der Waals surface area contributed by atoms with Gasteiger partial charge in [0.25, 0.3) is 23.4 Å². The summed E-state index contributed by atoms with van der Waals surface area (Å²) < 4.78 is 23.1. The highest BCUT2D eigenvalue weighted by atomic mass is 33.1. The van der Waals surface area contributed by atoms with Gasteiger partial charge in [-0.05, 0) is 70.9 Å². The molecule has 14 N–H and O–H groups in total. The van der Waals surface area contributed by atoms with Crippen LogP contribution in [0.5, 0.6) is 0 Å². The minimum absolute atomic E-state index is 0.0731. The lowest BCUT2D eigenvalue weighted by molar-refractivity contribution is -0.310. The molecule has 0 spiro atoms. The molecular formula is C62H80N6O20S4. The van der Waals surface area contributed by atoms with Crippen molar-refractivity contribution in [2.24, 2.45) is 0 Å². The zero-order chi connectivity index (χ0) is 66.8. The van der Waals surface area contributed by atoms with Crippen molar-refractivity contribution in [3.05, 3.63) is 120 Å². The standard InChI is InChI=1S/C62H80N6O20S4/c1-37(69)67-51-45(71)31-61(59(81)82,87-55(51)53(77)47(73)33-65-57(79)43-19-15-41(16-20-43)39-11-5-3-6-12-39)85-25-9-27-89-29-23-63-49(75)35-91-92-36-50(76)64-24-30-90-28-10-26-86-62(60(83)84)32-46(72)52(68-38(2)70)56(88-62)54(78)48(74)34-66-58(80)44-21-17-42(18-22-44)40-13-7-4-8-14-40/h3-8,11-22,45-48,51-56,71-74,77-78H,9-10,23-36H2,1-2H3,(H,63,75)(H,64,76)(H,65,79)(H,66,80)(H,67,69)(H,68,70)(H,81,82)(H,83,84)/t45-,46-,47+,48+,51+,52+,53?,54?,55+,56+,61+,62+/m0/s1. The molecule has 502 valence electrons. The van der Waals surface area contributed by atoms with E-state index in [1.54, 1.807) is 48.5 Å². The van der Waals surface area contributed by atoms with Crippen molar-refractivity contribution in [2.45, 2.75) is 112 Å². The molecule has 2 aliphatic rings. The first kappa shape index (κ1) is 74.7. The molecule has 0 bridgehead atoms. The molecule has 2 unspecified atom stereocenters. The Morgan fingerprint density at radius 2 is 0.859 bits per heavy atom. The zero-order valence-electron chi connectivity index (χ0n) is 50.6. The topological polar surface area (TPSA) is 408 Å². The highest BCUT2D eigenvalue weighted by Crippen LogP contribution is 2.36. The summed E-state index contributed by atoms with van der Waals surface area (Å²) in [4.78, 5) is 100. The molecule has 92 heavy (non-hydrogen) atoms. The number of carboxylic acid groups (broad SMARTS) is 2. The number of carbonyl (C=O) groups excluding carboxylic acids is 6. The van der Waals surface area contributed by atoms with Crippen LogP contribution in [0.25, 0.3) is 22.3 Å². The third-order valence-corrected chi connectivity index (χ3v) is 18.9. The predicted molar refractivity (Wildman–Crippen MR) is 346 cm³/mol. The average molecular weight is 1360 g/mol. The van der Waals surface area contributed by atoms with Crippen LogP contribution in [0.15, 0.2) is 109 Å². The minimum Gasteiger partial charge on any atom is -0.477 e. The lowest BCUT2D eigenvalue weighted by Gasteiger charge is -2.46. The number of benzene rings is 4. The van der Waals surface area contributed by atoms with Crippen LogP contribution in [0.1, 0.15) is 60.2 Å². The van der Waals surface area contributed by atoms with Crippen molar-refractivity contribution >= 4 is 92.5 Å². The molecule has 0 saturated carbocycles.